The molecular formula is C18H16N2S. The van der Waals surface area contributed by atoms with Crippen molar-refractivity contribution in [1.82, 2.24) is 0 Å². The number of hydrogen-bond donors (Lipinski definition) is 2. The summed E-state index contributed by atoms with van der Waals surface area (Å²) in [5.74, 6) is 0. The maximum atomic E-state index is 5.84. The lowest BCUT2D eigenvalue weighted by molar-refractivity contribution is 1.42. The first-order chi connectivity index (χ1) is 10.2. The molecule has 0 amide bonds. The third kappa shape index (κ3) is 2.60. The molecule has 0 heterocycles. The first-order valence-corrected chi connectivity index (χ1v) is 7.22. The minimum atomic E-state index is 0.404. The summed E-state index contributed by atoms with van der Waals surface area (Å²) >= 11 is 5.16. The highest BCUT2D eigenvalue weighted by atomic mass is 32.1. The summed E-state index contributed by atoms with van der Waals surface area (Å²) < 4.78 is 0. The van der Waals surface area contributed by atoms with Gasteiger partial charge in [0.25, 0.3) is 0 Å². The van der Waals surface area contributed by atoms with Gasteiger partial charge in [0.1, 0.15) is 4.99 Å². The zero-order chi connectivity index (χ0) is 14.8. The number of nitrogens with one attached hydrogen (secondary N) is 1. The lowest BCUT2D eigenvalue weighted by Crippen LogP contribution is -2.12. The van der Waals surface area contributed by atoms with Gasteiger partial charge in [0.15, 0.2) is 0 Å². The molecule has 3 rings (SSSR count). The highest BCUT2D eigenvalue weighted by Gasteiger charge is 2.09. The van der Waals surface area contributed by atoms with Gasteiger partial charge in [-0.15, -0.1) is 0 Å². The van der Waals surface area contributed by atoms with Crippen LogP contribution in [0, 0.1) is 6.92 Å². The maximum absolute atomic E-state index is 5.84. The Kier molecular flexibility index (Phi) is 3.59. The first-order valence-electron chi connectivity index (χ1n) is 6.81. The van der Waals surface area contributed by atoms with Crippen molar-refractivity contribution in [2.24, 2.45) is 5.73 Å². The smallest absolute Gasteiger partial charge is 0.106 e. The number of nitrogens with two attached hydrogens (primary N) is 1. The van der Waals surface area contributed by atoms with Crippen molar-refractivity contribution in [2.75, 3.05) is 5.32 Å². The van der Waals surface area contributed by atoms with E-state index in [-0.39, 0.29) is 0 Å². The summed E-state index contributed by atoms with van der Waals surface area (Å²) in [4.78, 5) is 0.404. The largest absolute Gasteiger partial charge is 0.389 e. The predicted molar refractivity (Wildman–Crippen MR) is 94.3 cm³/mol. The zero-order valence-electron chi connectivity index (χ0n) is 11.8. The van der Waals surface area contributed by atoms with Crippen molar-refractivity contribution in [2.45, 2.75) is 6.92 Å². The number of aryl methyl sites for hydroxylation is 1. The van der Waals surface area contributed by atoms with Crippen LogP contribution in [0.25, 0.3) is 10.8 Å². The Morgan fingerprint density at radius 1 is 0.952 bits per heavy atom. The molecule has 0 atom stereocenters. The van der Waals surface area contributed by atoms with Gasteiger partial charge in [0.2, 0.25) is 0 Å². The van der Waals surface area contributed by atoms with Crippen LogP contribution < -0.4 is 11.1 Å². The van der Waals surface area contributed by atoms with Crippen LogP contribution in [-0.2, 0) is 0 Å². The number of fused-ring (bicyclic) bond motifs is 1. The summed E-state index contributed by atoms with van der Waals surface area (Å²) in [6, 6.07) is 20.5. The minimum Gasteiger partial charge on any atom is -0.389 e. The maximum Gasteiger partial charge on any atom is 0.106 e. The number of anilines is 2. The molecule has 0 saturated carbocycles. The second-order valence-corrected chi connectivity index (χ2v) is 5.45. The van der Waals surface area contributed by atoms with Gasteiger partial charge in [0, 0.05) is 16.6 Å². The summed E-state index contributed by atoms with van der Waals surface area (Å²) in [6.07, 6.45) is 0. The summed E-state index contributed by atoms with van der Waals surface area (Å²) in [7, 11) is 0. The zero-order valence-corrected chi connectivity index (χ0v) is 12.6. The van der Waals surface area contributed by atoms with E-state index in [4.69, 9.17) is 18.0 Å². The van der Waals surface area contributed by atoms with Crippen molar-refractivity contribution >= 4 is 39.4 Å². The molecule has 0 radical (unpaired) electrons. The quantitative estimate of drug-likeness (QED) is 0.697. The third-order valence-electron chi connectivity index (χ3n) is 3.59. The van der Waals surface area contributed by atoms with Crippen LogP contribution in [0.4, 0.5) is 11.4 Å². The number of benzene rings is 3. The molecule has 3 aromatic rings. The van der Waals surface area contributed by atoms with Crippen molar-refractivity contribution in [3.05, 3.63) is 71.8 Å². The van der Waals surface area contributed by atoms with E-state index in [0.29, 0.717) is 4.99 Å². The van der Waals surface area contributed by atoms with Gasteiger partial charge < -0.3 is 11.1 Å². The van der Waals surface area contributed by atoms with Crippen LogP contribution in [0.15, 0.2) is 60.7 Å². The highest BCUT2D eigenvalue weighted by Crippen LogP contribution is 2.29. The van der Waals surface area contributed by atoms with Crippen LogP contribution in [0.3, 0.4) is 0 Å². The lowest BCUT2D eigenvalue weighted by atomic mass is 10.1. The molecular weight excluding hydrogens is 276 g/mol. The van der Waals surface area contributed by atoms with Gasteiger partial charge in [-0.05, 0) is 30.0 Å². The molecule has 0 spiro atoms. The van der Waals surface area contributed by atoms with Crippen molar-refractivity contribution in [3.63, 3.8) is 0 Å². The Morgan fingerprint density at radius 3 is 2.48 bits per heavy atom. The van der Waals surface area contributed by atoms with E-state index >= 15 is 0 Å². The van der Waals surface area contributed by atoms with E-state index in [9.17, 15) is 0 Å². The molecule has 0 saturated heterocycles. The number of hydrogen-bond acceptors (Lipinski definition) is 2. The lowest BCUT2D eigenvalue weighted by Gasteiger charge is -2.15. The molecule has 0 bridgehead atoms. The molecule has 3 heteroatoms. The summed E-state index contributed by atoms with van der Waals surface area (Å²) in [6.45, 7) is 2.05. The standard InChI is InChI=1S/C18H16N2S/c1-12-6-4-10-15(18(19)21)17(12)20-16-11-5-8-13-7-2-3-9-14(13)16/h2-11,20H,1H3,(H2,19,21). The number of para-hydroxylation sites is 1. The predicted octanol–water partition coefficient (Wildman–Crippen LogP) is 4.53. The second-order valence-electron chi connectivity index (χ2n) is 5.01. The fraction of sp³-hybridized carbons (Fsp3) is 0.0556. The SMILES string of the molecule is Cc1cccc(C(N)=S)c1Nc1cccc2ccccc12. The average molecular weight is 292 g/mol. The third-order valence-corrected chi connectivity index (χ3v) is 3.81. The van der Waals surface area contributed by atoms with Crippen LogP contribution in [0.1, 0.15) is 11.1 Å². The van der Waals surface area contributed by atoms with E-state index in [1.807, 2.05) is 30.3 Å². The van der Waals surface area contributed by atoms with Crippen molar-refractivity contribution in [1.29, 1.82) is 0 Å². The second kappa shape index (κ2) is 5.54. The average Bonchev–Trinajstić information content (AvgIpc) is 2.49. The van der Waals surface area contributed by atoms with Gasteiger partial charge in [-0.2, -0.15) is 0 Å². The van der Waals surface area contributed by atoms with E-state index in [1.54, 1.807) is 0 Å². The van der Waals surface area contributed by atoms with Crippen LogP contribution in [-0.4, -0.2) is 4.99 Å². The van der Waals surface area contributed by atoms with Gasteiger partial charge in [0.05, 0.1) is 5.69 Å². The Morgan fingerprint density at radius 2 is 1.67 bits per heavy atom. The van der Waals surface area contributed by atoms with E-state index in [2.05, 4.69) is 42.6 Å². The Balaban J connectivity index is 2.13. The van der Waals surface area contributed by atoms with E-state index in [1.165, 1.54) is 10.8 Å². The summed E-state index contributed by atoms with van der Waals surface area (Å²) in [5, 5.41) is 5.88. The number of rotatable bonds is 3. The van der Waals surface area contributed by atoms with Gasteiger partial charge in [-0.3, -0.25) is 0 Å². The molecule has 3 aromatic carbocycles. The van der Waals surface area contributed by atoms with E-state index < -0.39 is 0 Å². The van der Waals surface area contributed by atoms with Crippen molar-refractivity contribution < 1.29 is 0 Å². The van der Waals surface area contributed by atoms with Gasteiger partial charge in [-0.1, -0.05) is 60.7 Å². The van der Waals surface area contributed by atoms with Crippen molar-refractivity contribution in [3.8, 4) is 0 Å². The molecule has 3 N–H and O–H groups in total. The minimum absolute atomic E-state index is 0.404. The molecule has 2 nitrogen and oxygen atoms in total. The Hall–Kier alpha value is -2.39. The molecule has 21 heavy (non-hydrogen) atoms. The van der Waals surface area contributed by atoms with Crippen LogP contribution in [0.5, 0.6) is 0 Å². The Labute approximate surface area is 129 Å². The van der Waals surface area contributed by atoms with Crippen LogP contribution >= 0.6 is 12.2 Å². The molecule has 0 aliphatic carbocycles. The Bertz CT molecular complexity index is 819. The molecule has 0 aliphatic heterocycles. The monoisotopic (exact) mass is 292 g/mol. The fourth-order valence-electron chi connectivity index (χ4n) is 2.51. The van der Waals surface area contributed by atoms with Crippen LogP contribution in [0.2, 0.25) is 0 Å². The topological polar surface area (TPSA) is 38.0 Å². The molecule has 0 aliphatic rings. The number of thiocarbonyl (C=S) groups is 1. The molecule has 0 fully saturated rings. The van der Waals surface area contributed by atoms with E-state index in [0.717, 1.165) is 22.5 Å². The van der Waals surface area contributed by atoms with Gasteiger partial charge in [-0.25, -0.2) is 0 Å². The first kappa shape index (κ1) is 13.6. The molecule has 0 unspecified atom stereocenters. The summed E-state index contributed by atoms with van der Waals surface area (Å²) in [5.41, 5.74) is 9.86. The normalized spacial score (nSPS) is 10.5. The molecule has 104 valence electrons. The highest BCUT2D eigenvalue weighted by molar-refractivity contribution is 7.80. The fourth-order valence-corrected chi connectivity index (χ4v) is 2.68. The van der Waals surface area contributed by atoms with Gasteiger partial charge >= 0.3 is 0 Å². The molecule has 0 aromatic heterocycles.